The zero-order chi connectivity index (χ0) is 18.5. The van der Waals surface area contributed by atoms with E-state index < -0.39 is 0 Å². The predicted octanol–water partition coefficient (Wildman–Crippen LogP) is 3.27. The first-order chi connectivity index (χ1) is 12.5. The Balaban J connectivity index is 1.61. The van der Waals surface area contributed by atoms with Gasteiger partial charge in [-0.05, 0) is 30.3 Å². The van der Waals surface area contributed by atoms with E-state index in [1.165, 1.54) is 22.9 Å². The van der Waals surface area contributed by atoms with Gasteiger partial charge in [-0.25, -0.2) is 4.98 Å². The number of amides is 1. The van der Waals surface area contributed by atoms with Gasteiger partial charge >= 0.3 is 0 Å². The number of pyridine rings is 2. The number of hydrogen-bond donors (Lipinski definition) is 1. The third-order valence-electron chi connectivity index (χ3n) is 3.62. The fourth-order valence-electron chi connectivity index (χ4n) is 2.22. The number of aryl methyl sites for hydroxylation is 1. The minimum Gasteiger partial charge on any atom is -0.489 e. The molecule has 0 saturated heterocycles. The van der Waals surface area contributed by atoms with Crippen LogP contribution in [0.2, 0.25) is 5.02 Å². The Morgan fingerprint density at radius 1 is 1.23 bits per heavy atom. The number of nitrogens with one attached hydrogen (secondary N) is 1. The maximum Gasteiger partial charge on any atom is 0.258 e. The summed E-state index contributed by atoms with van der Waals surface area (Å²) in [7, 11) is 1.59. The highest BCUT2D eigenvalue weighted by molar-refractivity contribution is 6.30. The first kappa shape index (κ1) is 17.7. The van der Waals surface area contributed by atoms with E-state index >= 15 is 0 Å². The number of nitrogens with zero attached hydrogens (tertiary/aromatic N) is 2. The van der Waals surface area contributed by atoms with Gasteiger partial charge in [0.1, 0.15) is 18.2 Å². The molecule has 0 atom stereocenters. The number of rotatable bonds is 5. The summed E-state index contributed by atoms with van der Waals surface area (Å²) < 4.78 is 6.99. The van der Waals surface area contributed by atoms with Crippen molar-refractivity contribution in [2.45, 2.75) is 6.61 Å². The molecule has 132 valence electrons. The standard InChI is InChI=1S/C19H16ClN3O3/c1-23-11-14(6-8-18(23)24)19(25)22-17-7-5-13(10-21-17)12-26-16-4-2-3-15(20)9-16/h2-11H,12H2,1H3,(H,21,22,25). The largest absolute Gasteiger partial charge is 0.489 e. The number of carbonyl (C=O) groups is 1. The van der Waals surface area contributed by atoms with Crippen LogP contribution in [0, 0.1) is 0 Å². The Kier molecular flexibility index (Phi) is 5.34. The number of ether oxygens (including phenoxy) is 1. The fourth-order valence-corrected chi connectivity index (χ4v) is 2.40. The Bertz CT molecular complexity index is 984. The van der Waals surface area contributed by atoms with Crippen molar-refractivity contribution >= 4 is 23.3 Å². The summed E-state index contributed by atoms with van der Waals surface area (Å²) in [5.41, 5.74) is 1.05. The smallest absolute Gasteiger partial charge is 0.258 e. The van der Waals surface area contributed by atoms with Gasteiger partial charge in [-0.15, -0.1) is 0 Å². The van der Waals surface area contributed by atoms with Crippen molar-refractivity contribution in [2.24, 2.45) is 7.05 Å². The SMILES string of the molecule is Cn1cc(C(=O)Nc2ccc(COc3cccc(Cl)c3)cn2)ccc1=O. The molecule has 0 aliphatic heterocycles. The van der Waals surface area contributed by atoms with Crippen LogP contribution in [0.3, 0.4) is 0 Å². The van der Waals surface area contributed by atoms with E-state index in [9.17, 15) is 9.59 Å². The lowest BCUT2D eigenvalue weighted by Crippen LogP contribution is -2.19. The van der Waals surface area contributed by atoms with Crippen molar-refractivity contribution in [3.8, 4) is 5.75 Å². The zero-order valence-electron chi connectivity index (χ0n) is 14.0. The van der Waals surface area contributed by atoms with Crippen LogP contribution >= 0.6 is 11.6 Å². The molecular formula is C19H16ClN3O3. The van der Waals surface area contributed by atoms with Crippen LogP contribution < -0.4 is 15.6 Å². The van der Waals surface area contributed by atoms with E-state index in [1.807, 2.05) is 18.2 Å². The first-order valence-electron chi connectivity index (χ1n) is 7.82. The molecule has 0 aliphatic rings. The van der Waals surface area contributed by atoms with Gasteiger partial charge in [0.05, 0.1) is 5.56 Å². The van der Waals surface area contributed by atoms with Crippen molar-refractivity contribution in [1.82, 2.24) is 9.55 Å². The first-order valence-corrected chi connectivity index (χ1v) is 8.20. The Morgan fingerprint density at radius 3 is 2.77 bits per heavy atom. The van der Waals surface area contributed by atoms with Crippen LogP contribution in [-0.2, 0) is 13.7 Å². The molecule has 1 N–H and O–H groups in total. The van der Waals surface area contributed by atoms with Crippen molar-refractivity contribution < 1.29 is 9.53 Å². The molecule has 0 bridgehead atoms. The second kappa shape index (κ2) is 7.84. The van der Waals surface area contributed by atoms with Gasteiger partial charge in [0.25, 0.3) is 5.91 Å². The maximum atomic E-state index is 12.2. The molecule has 2 aromatic heterocycles. The highest BCUT2D eigenvalue weighted by Gasteiger charge is 2.08. The highest BCUT2D eigenvalue weighted by Crippen LogP contribution is 2.18. The van der Waals surface area contributed by atoms with Gasteiger partial charge in [-0.3, -0.25) is 9.59 Å². The van der Waals surface area contributed by atoms with Crippen molar-refractivity contribution in [1.29, 1.82) is 0 Å². The molecule has 0 unspecified atom stereocenters. The lowest BCUT2D eigenvalue weighted by Gasteiger charge is -2.08. The molecule has 0 radical (unpaired) electrons. The molecular weight excluding hydrogens is 354 g/mol. The molecule has 0 fully saturated rings. The number of hydrogen-bond acceptors (Lipinski definition) is 4. The highest BCUT2D eigenvalue weighted by atomic mass is 35.5. The average molecular weight is 370 g/mol. The molecule has 1 amide bonds. The van der Waals surface area contributed by atoms with Gasteiger partial charge in [0.15, 0.2) is 0 Å². The predicted molar refractivity (Wildman–Crippen MR) is 99.7 cm³/mol. The van der Waals surface area contributed by atoms with Gasteiger partial charge < -0.3 is 14.6 Å². The summed E-state index contributed by atoms with van der Waals surface area (Å²) in [6.45, 7) is 0.336. The molecule has 2 heterocycles. The van der Waals surface area contributed by atoms with Crippen molar-refractivity contribution in [2.75, 3.05) is 5.32 Å². The van der Waals surface area contributed by atoms with Crippen molar-refractivity contribution in [3.63, 3.8) is 0 Å². The summed E-state index contributed by atoms with van der Waals surface area (Å²) in [6.07, 6.45) is 3.10. The number of aromatic nitrogens is 2. The van der Waals surface area contributed by atoms with Gasteiger partial charge in [-0.1, -0.05) is 23.7 Å². The summed E-state index contributed by atoms with van der Waals surface area (Å²) in [6, 6.07) is 13.5. The molecule has 3 rings (SSSR count). The van der Waals surface area contributed by atoms with Gasteiger partial charge in [-0.2, -0.15) is 0 Å². The van der Waals surface area contributed by atoms with Gasteiger partial charge in [0.2, 0.25) is 5.56 Å². The second-order valence-electron chi connectivity index (χ2n) is 5.62. The minimum absolute atomic E-state index is 0.177. The Hall–Kier alpha value is -3.12. The van der Waals surface area contributed by atoms with Crippen molar-refractivity contribution in [3.05, 3.63) is 87.4 Å². The van der Waals surface area contributed by atoms with E-state index in [2.05, 4.69) is 10.3 Å². The minimum atomic E-state index is -0.337. The number of anilines is 1. The monoisotopic (exact) mass is 369 g/mol. The van der Waals surface area contributed by atoms with Gasteiger partial charge in [0, 0.05) is 36.1 Å². The third kappa shape index (κ3) is 4.49. The summed E-state index contributed by atoms with van der Waals surface area (Å²) in [5, 5.41) is 3.30. The van der Waals surface area contributed by atoms with Crippen LogP contribution in [0.5, 0.6) is 5.75 Å². The normalized spacial score (nSPS) is 10.4. The topological polar surface area (TPSA) is 73.2 Å². The van der Waals surface area contributed by atoms with E-state index in [0.29, 0.717) is 28.8 Å². The fraction of sp³-hybridized carbons (Fsp3) is 0.105. The van der Waals surface area contributed by atoms with E-state index in [1.54, 1.807) is 31.4 Å². The second-order valence-corrected chi connectivity index (χ2v) is 6.06. The molecule has 26 heavy (non-hydrogen) atoms. The summed E-state index contributed by atoms with van der Waals surface area (Å²) in [4.78, 5) is 27.8. The lowest BCUT2D eigenvalue weighted by atomic mass is 10.2. The van der Waals surface area contributed by atoms with Crippen LogP contribution in [-0.4, -0.2) is 15.5 Å². The molecule has 0 aliphatic carbocycles. The maximum absolute atomic E-state index is 12.2. The summed E-state index contributed by atoms with van der Waals surface area (Å²) in [5.74, 6) is 0.746. The van der Waals surface area contributed by atoms with Crippen LogP contribution in [0.1, 0.15) is 15.9 Å². The van der Waals surface area contributed by atoms with Crippen LogP contribution in [0.25, 0.3) is 0 Å². The molecule has 1 aromatic carbocycles. The summed E-state index contributed by atoms with van der Waals surface area (Å²) >= 11 is 5.91. The Labute approximate surface area is 155 Å². The van der Waals surface area contributed by atoms with E-state index in [-0.39, 0.29) is 11.5 Å². The lowest BCUT2D eigenvalue weighted by molar-refractivity contribution is 0.102. The van der Waals surface area contributed by atoms with E-state index in [4.69, 9.17) is 16.3 Å². The number of carbonyl (C=O) groups excluding carboxylic acids is 1. The molecule has 6 nitrogen and oxygen atoms in total. The Morgan fingerprint density at radius 2 is 2.08 bits per heavy atom. The third-order valence-corrected chi connectivity index (χ3v) is 3.85. The zero-order valence-corrected chi connectivity index (χ0v) is 14.7. The number of benzene rings is 1. The quantitative estimate of drug-likeness (QED) is 0.749. The molecule has 7 heteroatoms. The van der Waals surface area contributed by atoms with Crippen LogP contribution in [0.15, 0.2) is 65.7 Å². The molecule has 0 saturated carbocycles. The number of halogens is 1. The average Bonchev–Trinajstić information content (AvgIpc) is 2.63. The van der Waals surface area contributed by atoms with E-state index in [0.717, 1.165) is 5.56 Å². The van der Waals surface area contributed by atoms with Crippen LogP contribution in [0.4, 0.5) is 5.82 Å². The molecule has 3 aromatic rings. The molecule has 0 spiro atoms.